The lowest BCUT2D eigenvalue weighted by molar-refractivity contribution is 0.138. The van der Waals surface area contributed by atoms with Crippen LogP contribution < -0.4 is 5.32 Å². The molecule has 0 saturated heterocycles. The summed E-state index contributed by atoms with van der Waals surface area (Å²) in [5.74, 6) is 0.883. The van der Waals surface area contributed by atoms with Crippen molar-refractivity contribution in [3.8, 4) is 0 Å². The van der Waals surface area contributed by atoms with Crippen LogP contribution in [0.3, 0.4) is 0 Å². The van der Waals surface area contributed by atoms with Crippen LogP contribution in [0.15, 0.2) is 0 Å². The van der Waals surface area contributed by atoms with Gasteiger partial charge in [0.15, 0.2) is 0 Å². The molecular formula is C14H30N2. The molecule has 2 nitrogen and oxygen atoms in total. The molecule has 0 spiro atoms. The van der Waals surface area contributed by atoms with Gasteiger partial charge in [0.1, 0.15) is 0 Å². The summed E-state index contributed by atoms with van der Waals surface area (Å²) >= 11 is 0. The monoisotopic (exact) mass is 226 g/mol. The van der Waals surface area contributed by atoms with Crippen LogP contribution in [0.2, 0.25) is 0 Å². The highest BCUT2D eigenvalue weighted by Crippen LogP contribution is 2.26. The van der Waals surface area contributed by atoms with E-state index in [2.05, 4.69) is 45.0 Å². The Bertz CT molecular complexity index is 195. The summed E-state index contributed by atoms with van der Waals surface area (Å²) in [6.07, 6.45) is 5.67. The number of nitrogens with one attached hydrogen (secondary N) is 1. The molecule has 0 heterocycles. The third-order valence-electron chi connectivity index (χ3n) is 3.75. The van der Waals surface area contributed by atoms with Gasteiger partial charge < -0.3 is 10.2 Å². The molecule has 96 valence electrons. The van der Waals surface area contributed by atoms with Crippen LogP contribution in [0.4, 0.5) is 0 Å². The zero-order chi connectivity index (χ0) is 12.2. The van der Waals surface area contributed by atoms with E-state index in [1.165, 1.54) is 32.2 Å². The van der Waals surface area contributed by atoms with Gasteiger partial charge in [0.2, 0.25) is 0 Å². The Morgan fingerprint density at radius 3 is 2.38 bits per heavy atom. The molecular weight excluding hydrogens is 196 g/mol. The summed E-state index contributed by atoms with van der Waals surface area (Å²) in [6.45, 7) is 11.4. The van der Waals surface area contributed by atoms with Crippen LogP contribution in [-0.4, -0.2) is 36.6 Å². The fraction of sp³-hybridized carbons (Fsp3) is 1.00. The Labute approximate surface area is 102 Å². The fourth-order valence-electron chi connectivity index (χ4n) is 2.72. The molecule has 16 heavy (non-hydrogen) atoms. The maximum Gasteiger partial charge on any atom is 0.0118 e. The Morgan fingerprint density at radius 1 is 1.19 bits per heavy atom. The van der Waals surface area contributed by atoms with Gasteiger partial charge in [0, 0.05) is 24.7 Å². The van der Waals surface area contributed by atoms with Crippen LogP contribution in [0, 0.1) is 5.92 Å². The molecule has 0 aromatic rings. The standard InChI is InChI=1S/C14H30N2/c1-12-8-6-7-9-13(12)16(5)11-10-15-14(2,3)4/h12-13,15H,6-11H2,1-5H3. The first kappa shape index (κ1) is 14.0. The van der Waals surface area contributed by atoms with Crippen molar-refractivity contribution in [2.24, 2.45) is 5.92 Å². The summed E-state index contributed by atoms with van der Waals surface area (Å²) < 4.78 is 0. The molecule has 0 aliphatic heterocycles. The molecule has 0 aromatic heterocycles. The second kappa shape index (κ2) is 6.02. The molecule has 1 rings (SSSR count). The van der Waals surface area contributed by atoms with Gasteiger partial charge >= 0.3 is 0 Å². The van der Waals surface area contributed by atoms with Crippen molar-refractivity contribution in [1.29, 1.82) is 0 Å². The van der Waals surface area contributed by atoms with Gasteiger partial charge in [-0.05, 0) is 46.6 Å². The van der Waals surface area contributed by atoms with Crippen molar-refractivity contribution in [2.45, 2.75) is 65.0 Å². The zero-order valence-corrected chi connectivity index (χ0v) is 11.8. The molecule has 1 saturated carbocycles. The highest BCUT2D eigenvalue weighted by Gasteiger charge is 2.24. The van der Waals surface area contributed by atoms with Crippen molar-refractivity contribution in [1.82, 2.24) is 10.2 Å². The summed E-state index contributed by atoms with van der Waals surface area (Å²) in [4.78, 5) is 2.56. The fourth-order valence-corrected chi connectivity index (χ4v) is 2.72. The number of likely N-dealkylation sites (N-methyl/N-ethyl adjacent to an activating group) is 1. The quantitative estimate of drug-likeness (QED) is 0.793. The molecule has 1 aliphatic carbocycles. The Kier molecular flexibility index (Phi) is 5.26. The molecule has 0 amide bonds. The maximum atomic E-state index is 3.57. The highest BCUT2D eigenvalue weighted by molar-refractivity contribution is 4.80. The average molecular weight is 226 g/mol. The molecule has 1 aliphatic rings. The van der Waals surface area contributed by atoms with Crippen molar-refractivity contribution in [3.05, 3.63) is 0 Å². The van der Waals surface area contributed by atoms with E-state index in [1.807, 2.05) is 0 Å². The van der Waals surface area contributed by atoms with Gasteiger partial charge in [0.25, 0.3) is 0 Å². The van der Waals surface area contributed by atoms with Gasteiger partial charge in [-0.15, -0.1) is 0 Å². The van der Waals surface area contributed by atoms with E-state index >= 15 is 0 Å². The van der Waals surface area contributed by atoms with Crippen LogP contribution >= 0.6 is 0 Å². The van der Waals surface area contributed by atoms with Crippen molar-refractivity contribution in [3.63, 3.8) is 0 Å². The molecule has 1 N–H and O–H groups in total. The minimum atomic E-state index is 0.249. The summed E-state index contributed by atoms with van der Waals surface area (Å²) in [5, 5.41) is 3.57. The maximum absolute atomic E-state index is 3.57. The SMILES string of the molecule is CC1CCCCC1N(C)CCNC(C)(C)C. The minimum Gasteiger partial charge on any atom is -0.311 e. The second-order valence-electron chi connectivity index (χ2n) is 6.49. The van der Waals surface area contributed by atoms with E-state index < -0.39 is 0 Å². The summed E-state index contributed by atoms with van der Waals surface area (Å²) in [5.41, 5.74) is 0.249. The number of hydrogen-bond acceptors (Lipinski definition) is 2. The molecule has 0 bridgehead atoms. The lowest BCUT2D eigenvalue weighted by Gasteiger charge is -2.36. The molecule has 2 heteroatoms. The molecule has 0 aromatic carbocycles. The topological polar surface area (TPSA) is 15.3 Å². The molecule has 2 atom stereocenters. The van der Waals surface area contributed by atoms with E-state index in [0.717, 1.165) is 18.5 Å². The van der Waals surface area contributed by atoms with Crippen molar-refractivity contribution >= 4 is 0 Å². The van der Waals surface area contributed by atoms with Crippen LogP contribution in [-0.2, 0) is 0 Å². The molecule has 1 fully saturated rings. The Morgan fingerprint density at radius 2 is 1.81 bits per heavy atom. The van der Waals surface area contributed by atoms with E-state index in [1.54, 1.807) is 0 Å². The predicted molar refractivity (Wildman–Crippen MR) is 71.8 cm³/mol. The smallest absolute Gasteiger partial charge is 0.0118 e. The second-order valence-corrected chi connectivity index (χ2v) is 6.49. The first-order valence-electron chi connectivity index (χ1n) is 6.85. The zero-order valence-electron chi connectivity index (χ0n) is 11.8. The van der Waals surface area contributed by atoms with Crippen molar-refractivity contribution in [2.75, 3.05) is 20.1 Å². The van der Waals surface area contributed by atoms with E-state index in [0.29, 0.717) is 0 Å². The van der Waals surface area contributed by atoms with Gasteiger partial charge in [-0.1, -0.05) is 19.8 Å². The van der Waals surface area contributed by atoms with Gasteiger partial charge in [-0.3, -0.25) is 0 Å². The van der Waals surface area contributed by atoms with E-state index in [-0.39, 0.29) is 5.54 Å². The average Bonchev–Trinajstić information content (AvgIpc) is 2.16. The molecule has 2 unspecified atom stereocenters. The number of nitrogens with zero attached hydrogens (tertiary/aromatic N) is 1. The summed E-state index contributed by atoms with van der Waals surface area (Å²) in [7, 11) is 2.29. The van der Waals surface area contributed by atoms with Crippen molar-refractivity contribution < 1.29 is 0 Å². The lowest BCUT2D eigenvalue weighted by atomic mass is 9.85. The third-order valence-corrected chi connectivity index (χ3v) is 3.75. The normalized spacial score (nSPS) is 27.4. The van der Waals surface area contributed by atoms with Gasteiger partial charge in [0.05, 0.1) is 0 Å². The van der Waals surface area contributed by atoms with Crippen LogP contribution in [0.1, 0.15) is 53.4 Å². The lowest BCUT2D eigenvalue weighted by Crippen LogP contribution is -2.45. The third kappa shape index (κ3) is 4.84. The Hall–Kier alpha value is -0.0800. The van der Waals surface area contributed by atoms with E-state index in [4.69, 9.17) is 0 Å². The van der Waals surface area contributed by atoms with E-state index in [9.17, 15) is 0 Å². The summed E-state index contributed by atoms with van der Waals surface area (Å²) in [6, 6.07) is 0.815. The minimum absolute atomic E-state index is 0.249. The first-order valence-corrected chi connectivity index (χ1v) is 6.85. The molecule has 0 radical (unpaired) electrons. The number of rotatable bonds is 4. The van der Waals surface area contributed by atoms with Crippen LogP contribution in [0.5, 0.6) is 0 Å². The van der Waals surface area contributed by atoms with Crippen LogP contribution in [0.25, 0.3) is 0 Å². The largest absolute Gasteiger partial charge is 0.311 e. The van der Waals surface area contributed by atoms with Gasteiger partial charge in [-0.2, -0.15) is 0 Å². The Balaban J connectivity index is 2.25. The predicted octanol–water partition coefficient (Wildman–Crippen LogP) is 2.89. The van der Waals surface area contributed by atoms with Gasteiger partial charge in [-0.25, -0.2) is 0 Å². The first-order chi connectivity index (χ1) is 7.40. The number of hydrogen-bond donors (Lipinski definition) is 1. The highest BCUT2D eigenvalue weighted by atomic mass is 15.2.